The maximum absolute atomic E-state index is 11.2. The second kappa shape index (κ2) is 4.80. The number of fused-ring (bicyclic) bond motifs is 2. The summed E-state index contributed by atoms with van der Waals surface area (Å²) < 4.78 is 0. The summed E-state index contributed by atoms with van der Waals surface area (Å²) in [5.74, 6) is 0. The molecule has 0 saturated carbocycles. The molecule has 0 fully saturated rings. The van der Waals surface area contributed by atoms with E-state index >= 15 is 0 Å². The van der Waals surface area contributed by atoms with Crippen LogP contribution in [0.4, 0.5) is 11.4 Å². The molecule has 1 aliphatic rings. The molecule has 110 valence electrons. The van der Waals surface area contributed by atoms with Crippen LogP contribution in [-0.4, -0.2) is 26.6 Å². The van der Waals surface area contributed by atoms with Crippen LogP contribution in [0.1, 0.15) is 11.3 Å². The molecule has 3 aromatic rings. The number of nitro benzene ring substituents is 1. The standard InChI is InChI=1S/C15H13N5O2/c21-20(22)15-2-1-14(11-3-5-16-8-12(11)15)19-6-4-13-10(9-19)7-17-18-13/h1-3,5,7-8H,4,6,9H2,(H,17,18). The molecule has 0 amide bonds. The average Bonchev–Trinajstić information content (AvgIpc) is 3.01. The van der Waals surface area contributed by atoms with E-state index in [4.69, 9.17) is 0 Å². The summed E-state index contributed by atoms with van der Waals surface area (Å²) in [7, 11) is 0. The van der Waals surface area contributed by atoms with E-state index in [1.54, 1.807) is 18.5 Å². The van der Waals surface area contributed by atoms with Crippen molar-refractivity contribution >= 4 is 22.1 Å². The molecule has 2 aromatic heterocycles. The molecule has 0 spiro atoms. The zero-order chi connectivity index (χ0) is 15.1. The van der Waals surface area contributed by atoms with Gasteiger partial charge in [0, 0.05) is 60.3 Å². The molecule has 0 atom stereocenters. The minimum atomic E-state index is -0.363. The summed E-state index contributed by atoms with van der Waals surface area (Å²) in [6, 6.07) is 5.22. The van der Waals surface area contributed by atoms with E-state index in [0.717, 1.165) is 30.6 Å². The minimum absolute atomic E-state index is 0.0906. The molecule has 7 heteroatoms. The van der Waals surface area contributed by atoms with Crippen molar-refractivity contribution in [2.75, 3.05) is 11.4 Å². The van der Waals surface area contributed by atoms with Crippen LogP contribution in [0.2, 0.25) is 0 Å². The van der Waals surface area contributed by atoms with Gasteiger partial charge in [0.2, 0.25) is 0 Å². The molecular weight excluding hydrogens is 282 g/mol. The molecule has 1 aliphatic heterocycles. The van der Waals surface area contributed by atoms with Gasteiger partial charge in [-0.05, 0) is 12.1 Å². The van der Waals surface area contributed by atoms with Crippen LogP contribution in [0.15, 0.2) is 36.8 Å². The van der Waals surface area contributed by atoms with E-state index in [9.17, 15) is 10.1 Å². The first-order valence-corrected chi connectivity index (χ1v) is 7.01. The Morgan fingerprint density at radius 3 is 3.00 bits per heavy atom. The highest BCUT2D eigenvalue weighted by atomic mass is 16.6. The fraction of sp³-hybridized carbons (Fsp3) is 0.200. The lowest BCUT2D eigenvalue weighted by atomic mass is 10.0. The maximum atomic E-state index is 11.2. The predicted octanol–water partition coefficient (Wildman–Crippen LogP) is 2.43. The Labute approximate surface area is 125 Å². The molecule has 22 heavy (non-hydrogen) atoms. The van der Waals surface area contributed by atoms with Crippen molar-refractivity contribution in [3.8, 4) is 0 Å². The first-order chi connectivity index (χ1) is 10.7. The van der Waals surface area contributed by atoms with Gasteiger partial charge in [-0.15, -0.1) is 0 Å². The number of aromatic amines is 1. The van der Waals surface area contributed by atoms with Gasteiger partial charge in [0.25, 0.3) is 5.69 Å². The van der Waals surface area contributed by atoms with Gasteiger partial charge in [0.1, 0.15) is 0 Å². The number of hydrogen-bond acceptors (Lipinski definition) is 5. The summed E-state index contributed by atoms with van der Waals surface area (Å²) in [6.07, 6.45) is 5.96. The summed E-state index contributed by atoms with van der Waals surface area (Å²) in [6.45, 7) is 1.60. The van der Waals surface area contributed by atoms with Gasteiger partial charge in [-0.3, -0.25) is 20.2 Å². The van der Waals surface area contributed by atoms with Gasteiger partial charge in [-0.1, -0.05) is 0 Å². The summed E-state index contributed by atoms with van der Waals surface area (Å²) in [5.41, 5.74) is 3.43. The van der Waals surface area contributed by atoms with Gasteiger partial charge in [-0.2, -0.15) is 5.10 Å². The largest absolute Gasteiger partial charge is 0.366 e. The zero-order valence-electron chi connectivity index (χ0n) is 11.7. The number of H-pyrrole nitrogens is 1. The van der Waals surface area contributed by atoms with Crippen LogP contribution in [0.25, 0.3) is 10.8 Å². The van der Waals surface area contributed by atoms with Gasteiger partial charge < -0.3 is 4.90 Å². The summed E-state index contributed by atoms with van der Waals surface area (Å²) >= 11 is 0. The number of benzene rings is 1. The Kier molecular flexibility index (Phi) is 2.78. The fourth-order valence-corrected chi connectivity index (χ4v) is 3.02. The first-order valence-electron chi connectivity index (χ1n) is 7.01. The highest BCUT2D eigenvalue weighted by Crippen LogP contribution is 2.34. The SMILES string of the molecule is O=[N+]([O-])c1ccc(N2CCc3[nH]ncc3C2)c2ccncc12. The maximum Gasteiger partial charge on any atom is 0.278 e. The van der Waals surface area contributed by atoms with Crippen molar-refractivity contribution in [2.24, 2.45) is 0 Å². The van der Waals surface area contributed by atoms with Gasteiger partial charge in [-0.25, -0.2) is 0 Å². The molecule has 0 unspecified atom stereocenters. The van der Waals surface area contributed by atoms with Crippen LogP contribution >= 0.6 is 0 Å². The number of anilines is 1. The normalized spacial score (nSPS) is 14.1. The molecule has 3 heterocycles. The predicted molar refractivity (Wildman–Crippen MR) is 81.7 cm³/mol. The van der Waals surface area contributed by atoms with E-state index in [-0.39, 0.29) is 10.6 Å². The van der Waals surface area contributed by atoms with Crippen molar-refractivity contribution in [3.05, 3.63) is 58.2 Å². The van der Waals surface area contributed by atoms with Crippen LogP contribution < -0.4 is 4.90 Å². The van der Waals surface area contributed by atoms with Crippen molar-refractivity contribution in [2.45, 2.75) is 13.0 Å². The molecule has 0 radical (unpaired) electrons. The fourth-order valence-electron chi connectivity index (χ4n) is 3.02. The van der Waals surface area contributed by atoms with E-state index in [1.807, 2.05) is 18.3 Å². The van der Waals surface area contributed by atoms with E-state index < -0.39 is 0 Å². The number of nitro groups is 1. The number of nitrogens with zero attached hydrogens (tertiary/aromatic N) is 4. The molecule has 0 aliphatic carbocycles. The number of rotatable bonds is 2. The van der Waals surface area contributed by atoms with Crippen molar-refractivity contribution in [1.82, 2.24) is 15.2 Å². The minimum Gasteiger partial charge on any atom is -0.366 e. The van der Waals surface area contributed by atoms with E-state index in [1.165, 1.54) is 11.3 Å². The average molecular weight is 295 g/mol. The van der Waals surface area contributed by atoms with Crippen molar-refractivity contribution < 1.29 is 4.92 Å². The Morgan fingerprint density at radius 2 is 2.14 bits per heavy atom. The monoisotopic (exact) mass is 295 g/mol. The van der Waals surface area contributed by atoms with Gasteiger partial charge >= 0.3 is 0 Å². The summed E-state index contributed by atoms with van der Waals surface area (Å²) in [4.78, 5) is 17.1. The Bertz CT molecular complexity index is 873. The number of nitrogens with one attached hydrogen (secondary N) is 1. The number of non-ortho nitro benzene ring substituents is 1. The lowest BCUT2D eigenvalue weighted by Crippen LogP contribution is -2.30. The Hall–Kier alpha value is -2.96. The first kappa shape index (κ1) is 12.8. The van der Waals surface area contributed by atoms with Crippen LogP contribution in [0.3, 0.4) is 0 Å². The van der Waals surface area contributed by atoms with E-state index in [2.05, 4.69) is 20.1 Å². The molecule has 4 rings (SSSR count). The Balaban J connectivity index is 1.83. The molecular formula is C15H13N5O2. The second-order valence-electron chi connectivity index (χ2n) is 5.33. The lowest BCUT2D eigenvalue weighted by Gasteiger charge is -2.29. The molecule has 7 nitrogen and oxygen atoms in total. The topological polar surface area (TPSA) is 88.0 Å². The van der Waals surface area contributed by atoms with Crippen molar-refractivity contribution in [3.63, 3.8) is 0 Å². The quantitative estimate of drug-likeness (QED) is 0.579. The van der Waals surface area contributed by atoms with Crippen molar-refractivity contribution in [1.29, 1.82) is 0 Å². The summed E-state index contributed by atoms with van der Waals surface area (Å²) in [5, 5.41) is 19.7. The highest BCUT2D eigenvalue weighted by molar-refractivity contribution is 5.99. The second-order valence-corrected chi connectivity index (χ2v) is 5.33. The van der Waals surface area contributed by atoms with E-state index in [0.29, 0.717) is 5.39 Å². The molecule has 1 N–H and O–H groups in total. The lowest BCUT2D eigenvalue weighted by molar-refractivity contribution is -0.383. The van der Waals surface area contributed by atoms with Gasteiger partial charge in [0.15, 0.2) is 0 Å². The zero-order valence-corrected chi connectivity index (χ0v) is 11.7. The number of aromatic nitrogens is 3. The highest BCUT2D eigenvalue weighted by Gasteiger charge is 2.22. The Morgan fingerprint density at radius 1 is 1.23 bits per heavy atom. The third-order valence-electron chi connectivity index (χ3n) is 4.11. The van der Waals surface area contributed by atoms with Gasteiger partial charge in [0.05, 0.1) is 16.5 Å². The van der Waals surface area contributed by atoms with Crippen LogP contribution in [0.5, 0.6) is 0 Å². The van der Waals surface area contributed by atoms with Crippen LogP contribution in [0, 0.1) is 10.1 Å². The number of hydrogen-bond donors (Lipinski definition) is 1. The number of pyridine rings is 1. The third kappa shape index (κ3) is 1.90. The smallest absolute Gasteiger partial charge is 0.278 e. The third-order valence-corrected chi connectivity index (χ3v) is 4.11. The molecule has 1 aromatic carbocycles. The molecule has 0 saturated heterocycles. The van der Waals surface area contributed by atoms with Crippen LogP contribution in [-0.2, 0) is 13.0 Å². The molecule has 0 bridgehead atoms.